The molecule has 0 spiro atoms. The summed E-state index contributed by atoms with van der Waals surface area (Å²) < 4.78 is 38.4. The van der Waals surface area contributed by atoms with Crippen LogP contribution in [0.2, 0.25) is 0 Å². The molecule has 1 saturated heterocycles. The van der Waals surface area contributed by atoms with E-state index in [0.717, 1.165) is 31.7 Å². The van der Waals surface area contributed by atoms with Gasteiger partial charge in [0.1, 0.15) is 0 Å². The fourth-order valence-corrected chi connectivity index (χ4v) is 4.06. The van der Waals surface area contributed by atoms with Crippen molar-refractivity contribution in [2.75, 3.05) is 26.2 Å². The molecule has 2 fully saturated rings. The van der Waals surface area contributed by atoms with Gasteiger partial charge in [0.25, 0.3) is 0 Å². The Bertz CT molecular complexity index is 468. The topological polar surface area (TPSA) is 15.3 Å². The molecule has 1 aromatic carbocycles. The Hall–Kier alpha value is -1.07. The summed E-state index contributed by atoms with van der Waals surface area (Å²) >= 11 is 0. The Morgan fingerprint density at radius 2 is 1.57 bits per heavy atom. The molecule has 1 atom stereocenters. The summed E-state index contributed by atoms with van der Waals surface area (Å²) in [7, 11) is 0. The number of nitrogens with one attached hydrogen (secondary N) is 1. The normalized spacial score (nSPS) is 22.9. The second-order valence-electron chi connectivity index (χ2n) is 6.75. The number of hydrogen-bond donors (Lipinski definition) is 1. The number of nitrogens with zero attached hydrogens (tertiary/aromatic N) is 1. The first-order valence-corrected chi connectivity index (χ1v) is 8.67. The number of rotatable bonds is 3. The minimum absolute atomic E-state index is 0.264. The van der Waals surface area contributed by atoms with E-state index in [2.05, 4.69) is 10.2 Å². The van der Waals surface area contributed by atoms with Gasteiger partial charge < -0.3 is 5.32 Å². The highest BCUT2D eigenvalue weighted by Gasteiger charge is 2.33. The number of piperazine rings is 1. The van der Waals surface area contributed by atoms with Crippen molar-refractivity contribution in [2.45, 2.75) is 44.3 Å². The standard InChI is InChI=1S/C18H25F3N2/c19-18(20,21)16-8-6-15(7-9-16)17(14-4-2-1-3-5-14)23-12-10-22-11-13-23/h6-9,14,17,22H,1-5,10-13H2/t17-/m0/s1. The van der Waals surface area contributed by atoms with Crippen LogP contribution in [0.5, 0.6) is 0 Å². The third kappa shape index (κ3) is 4.07. The number of benzene rings is 1. The van der Waals surface area contributed by atoms with Crippen LogP contribution in [0, 0.1) is 5.92 Å². The van der Waals surface area contributed by atoms with Crippen LogP contribution in [0.15, 0.2) is 24.3 Å². The van der Waals surface area contributed by atoms with E-state index in [-0.39, 0.29) is 6.04 Å². The van der Waals surface area contributed by atoms with Gasteiger partial charge >= 0.3 is 6.18 Å². The van der Waals surface area contributed by atoms with E-state index in [0.29, 0.717) is 5.92 Å². The second-order valence-corrected chi connectivity index (χ2v) is 6.75. The first-order valence-electron chi connectivity index (χ1n) is 8.67. The molecule has 1 saturated carbocycles. The zero-order valence-electron chi connectivity index (χ0n) is 13.4. The van der Waals surface area contributed by atoms with E-state index in [1.807, 2.05) is 0 Å². The molecule has 23 heavy (non-hydrogen) atoms. The Balaban J connectivity index is 1.84. The summed E-state index contributed by atoms with van der Waals surface area (Å²) in [5.41, 5.74) is 0.496. The molecule has 1 heterocycles. The van der Waals surface area contributed by atoms with Gasteiger partial charge in [0.05, 0.1) is 5.56 Å². The lowest BCUT2D eigenvalue weighted by Gasteiger charge is -2.41. The predicted octanol–water partition coefficient (Wildman–Crippen LogP) is 4.23. The maximum absolute atomic E-state index is 12.8. The van der Waals surface area contributed by atoms with E-state index >= 15 is 0 Å². The van der Waals surface area contributed by atoms with E-state index in [9.17, 15) is 13.2 Å². The SMILES string of the molecule is FC(F)(F)c1ccc([C@H](C2CCCCC2)N2CCNCC2)cc1. The van der Waals surface area contributed by atoms with Crippen molar-refractivity contribution < 1.29 is 13.2 Å². The first-order chi connectivity index (χ1) is 11.1. The molecular formula is C18H25F3N2. The molecule has 0 radical (unpaired) electrons. The van der Waals surface area contributed by atoms with Crippen molar-refractivity contribution in [3.63, 3.8) is 0 Å². The summed E-state index contributed by atoms with van der Waals surface area (Å²) in [5, 5.41) is 3.36. The van der Waals surface area contributed by atoms with Crippen molar-refractivity contribution in [3.8, 4) is 0 Å². The number of hydrogen-bond acceptors (Lipinski definition) is 2. The molecule has 2 nitrogen and oxygen atoms in total. The Labute approximate surface area is 136 Å². The fourth-order valence-electron chi connectivity index (χ4n) is 4.06. The largest absolute Gasteiger partial charge is 0.416 e. The van der Waals surface area contributed by atoms with Crippen LogP contribution in [-0.4, -0.2) is 31.1 Å². The lowest BCUT2D eigenvalue weighted by molar-refractivity contribution is -0.137. The third-order valence-electron chi connectivity index (χ3n) is 5.22. The van der Waals surface area contributed by atoms with Crippen molar-refractivity contribution in [3.05, 3.63) is 35.4 Å². The van der Waals surface area contributed by atoms with Crippen LogP contribution >= 0.6 is 0 Å². The highest BCUT2D eigenvalue weighted by atomic mass is 19.4. The van der Waals surface area contributed by atoms with Gasteiger partial charge in [-0.2, -0.15) is 13.2 Å². The molecule has 5 heteroatoms. The van der Waals surface area contributed by atoms with Gasteiger partial charge in [0, 0.05) is 32.2 Å². The maximum atomic E-state index is 12.8. The molecule has 1 aromatic rings. The van der Waals surface area contributed by atoms with Crippen molar-refractivity contribution in [1.29, 1.82) is 0 Å². The van der Waals surface area contributed by atoms with Crippen LogP contribution in [0.4, 0.5) is 13.2 Å². The molecule has 1 aliphatic heterocycles. The summed E-state index contributed by atoms with van der Waals surface area (Å²) in [6, 6.07) is 6.15. The van der Waals surface area contributed by atoms with Gasteiger partial charge in [-0.05, 0) is 36.5 Å². The average Bonchev–Trinajstić information content (AvgIpc) is 2.57. The minimum atomic E-state index is -4.26. The minimum Gasteiger partial charge on any atom is -0.314 e. The van der Waals surface area contributed by atoms with Crippen LogP contribution in [0.1, 0.15) is 49.3 Å². The van der Waals surface area contributed by atoms with Crippen LogP contribution < -0.4 is 5.32 Å². The number of alkyl halides is 3. The first kappa shape index (κ1) is 16.8. The van der Waals surface area contributed by atoms with E-state index < -0.39 is 11.7 Å². The highest BCUT2D eigenvalue weighted by molar-refractivity contribution is 5.27. The third-order valence-corrected chi connectivity index (χ3v) is 5.22. The molecule has 1 N–H and O–H groups in total. The predicted molar refractivity (Wildman–Crippen MR) is 85.2 cm³/mol. The van der Waals surface area contributed by atoms with Gasteiger partial charge in [-0.15, -0.1) is 0 Å². The van der Waals surface area contributed by atoms with Crippen molar-refractivity contribution in [1.82, 2.24) is 10.2 Å². The molecule has 0 amide bonds. The molecule has 0 aromatic heterocycles. The Morgan fingerprint density at radius 3 is 2.13 bits per heavy atom. The Kier molecular flexibility index (Phi) is 5.27. The van der Waals surface area contributed by atoms with Gasteiger partial charge in [-0.3, -0.25) is 4.90 Å². The molecule has 3 rings (SSSR count). The lowest BCUT2D eigenvalue weighted by Crippen LogP contribution is -2.47. The van der Waals surface area contributed by atoms with Crippen molar-refractivity contribution >= 4 is 0 Å². The quantitative estimate of drug-likeness (QED) is 0.894. The summed E-state index contributed by atoms with van der Waals surface area (Å²) in [5.74, 6) is 0.568. The second kappa shape index (κ2) is 7.22. The lowest BCUT2D eigenvalue weighted by atomic mass is 9.80. The summed E-state index contributed by atoms with van der Waals surface area (Å²) in [6.07, 6.45) is 1.90. The zero-order chi connectivity index (χ0) is 16.3. The van der Waals surface area contributed by atoms with Gasteiger partial charge in [-0.25, -0.2) is 0 Å². The van der Waals surface area contributed by atoms with Gasteiger partial charge in [0.15, 0.2) is 0 Å². The van der Waals surface area contributed by atoms with Crippen molar-refractivity contribution in [2.24, 2.45) is 5.92 Å². The monoisotopic (exact) mass is 326 g/mol. The van der Waals surface area contributed by atoms with E-state index in [4.69, 9.17) is 0 Å². The van der Waals surface area contributed by atoms with E-state index in [1.54, 1.807) is 12.1 Å². The highest BCUT2D eigenvalue weighted by Crippen LogP contribution is 2.39. The average molecular weight is 326 g/mol. The molecular weight excluding hydrogens is 301 g/mol. The Morgan fingerprint density at radius 1 is 0.957 bits per heavy atom. The van der Waals surface area contributed by atoms with Crippen LogP contribution in [-0.2, 0) is 6.18 Å². The maximum Gasteiger partial charge on any atom is 0.416 e. The molecule has 2 aliphatic rings. The molecule has 1 aliphatic carbocycles. The summed E-state index contributed by atoms with van der Waals surface area (Å²) in [6.45, 7) is 3.87. The smallest absolute Gasteiger partial charge is 0.314 e. The fraction of sp³-hybridized carbons (Fsp3) is 0.667. The molecule has 128 valence electrons. The van der Waals surface area contributed by atoms with E-state index in [1.165, 1.54) is 44.2 Å². The number of halogens is 3. The van der Waals surface area contributed by atoms with Crippen LogP contribution in [0.3, 0.4) is 0 Å². The van der Waals surface area contributed by atoms with Crippen LogP contribution in [0.25, 0.3) is 0 Å². The van der Waals surface area contributed by atoms with Gasteiger partial charge in [-0.1, -0.05) is 31.4 Å². The zero-order valence-corrected chi connectivity index (χ0v) is 13.4. The molecule has 0 bridgehead atoms. The molecule has 0 unspecified atom stereocenters. The van der Waals surface area contributed by atoms with Gasteiger partial charge in [0.2, 0.25) is 0 Å². The summed E-state index contributed by atoms with van der Waals surface area (Å²) in [4.78, 5) is 2.47.